The Morgan fingerprint density at radius 3 is 2.30 bits per heavy atom. The quantitative estimate of drug-likeness (QED) is 0.658. The van der Waals surface area contributed by atoms with Crippen LogP contribution in [0.25, 0.3) is 0 Å². The molecule has 1 aromatic rings. The molecule has 0 aliphatic heterocycles. The first-order valence-corrected chi connectivity index (χ1v) is 8.38. The molecule has 0 saturated heterocycles. The van der Waals surface area contributed by atoms with Gasteiger partial charge in [-0.3, -0.25) is 0 Å². The molecule has 0 fully saturated rings. The Morgan fingerprint density at radius 1 is 1.10 bits per heavy atom. The van der Waals surface area contributed by atoms with E-state index >= 15 is 0 Å². The Kier molecular flexibility index (Phi) is 7.15. The number of nitrogens with zero attached hydrogens (tertiary/aromatic N) is 1. The smallest absolute Gasteiger partial charge is 0.240 e. The van der Waals surface area contributed by atoms with Crippen LogP contribution in [0.2, 0.25) is 0 Å². The molecule has 114 valence electrons. The molecular weight excluding hydrogens is 274 g/mol. The maximum absolute atomic E-state index is 12.0. The zero-order valence-electron chi connectivity index (χ0n) is 12.5. The summed E-state index contributed by atoms with van der Waals surface area (Å²) < 4.78 is 26.7. The van der Waals surface area contributed by atoms with Gasteiger partial charge in [0.15, 0.2) is 0 Å². The highest BCUT2D eigenvalue weighted by Gasteiger charge is 2.12. The van der Waals surface area contributed by atoms with Crippen molar-refractivity contribution >= 4 is 10.0 Å². The molecule has 1 rings (SSSR count). The van der Waals surface area contributed by atoms with Gasteiger partial charge in [-0.05, 0) is 51.3 Å². The number of hydrogen-bond donors (Lipinski definition) is 2. The van der Waals surface area contributed by atoms with Crippen LogP contribution in [0, 0.1) is 0 Å². The van der Waals surface area contributed by atoms with Gasteiger partial charge in [-0.2, -0.15) is 0 Å². The third-order valence-corrected chi connectivity index (χ3v) is 4.40. The summed E-state index contributed by atoms with van der Waals surface area (Å²) in [4.78, 5) is 2.26. The van der Waals surface area contributed by atoms with Crippen molar-refractivity contribution in [3.8, 4) is 0 Å². The van der Waals surface area contributed by atoms with E-state index in [0.717, 1.165) is 25.1 Å². The minimum atomic E-state index is -3.39. The number of likely N-dealkylation sites (N-methyl/N-ethyl adjacent to an activating group) is 2. The van der Waals surface area contributed by atoms with E-state index in [4.69, 9.17) is 0 Å². The van der Waals surface area contributed by atoms with Gasteiger partial charge in [0.05, 0.1) is 4.90 Å². The summed E-state index contributed by atoms with van der Waals surface area (Å²) in [5, 5.41) is 3.24. The molecule has 1 aromatic carbocycles. The molecule has 0 atom stereocenters. The topological polar surface area (TPSA) is 61.4 Å². The van der Waals surface area contributed by atoms with E-state index in [-0.39, 0.29) is 0 Å². The van der Waals surface area contributed by atoms with Gasteiger partial charge in [0.25, 0.3) is 0 Å². The molecule has 20 heavy (non-hydrogen) atoms. The summed E-state index contributed by atoms with van der Waals surface area (Å²) in [7, 11) is 0.430. The van der Waals surface area contributed by atoms with E-state index in [1.165, 1.54) is 0 Å². The molecule has 2 N–H and O–H groups in total. The van der Waals surface area contributed by atoms with Crippen molar-refractivity contribution in [2.75, 3.05) is 40.3 Å². The molecule has 0 aromatic heterocycles. The SMILES string of the molecule is CCNCCc1ccc(S(=O)(=O)NCCN(C)C)cc1. The number of nitrogens with one attached hydrogen (secondary N) is 2. The molecule has 6 heteroatoms. The van der Waals surface area contributed by atoms with Crippen LogP contribution in [0.3, 0.4) is 0 Å². The van der Waals surface area contributed by atoms with E-state index in [0.29, 0.717) is 18.0 Å². The van der Waals surface area contributed by atoms with Gasteiger partial charge in [-0.15, -0.1) is 0 Å². The zero-order valence-corrected chi connectivity index (χ0v) is 13.3. The average Bonchev–Trinajstić information content (AvgIpc) is 2.39. The highest BCUT2D eigenvalue weighted by molar-refractivity contribution is 7.89. The van der Waals surface area contributed by atoms with Gasteiger partial charge in [-0.1, -0.05) is 19.1 Å². The van der Waals surface area contributed by atoms with Crippen LogP contribution in [0.1, 0.15) is 12.5 Å². The predicted octanol–water partition coefficient (Wildman–Crippen LogP) is 0.679. The Bertz CT molecular complexity index is 484. The lowest BCUT2D eigenvalue weighted by Gasteiger charge is -2.11. The van der Waals surface area contributed by atoms with Crippen LogP contribution in [0.4, 0.5) is 0 Å². The molecule has 0 spiro atoms. The maximum Gasteiger partial charge on any atom is 0.240 e. The first-order chi connectivity index (χ1) is 9.45. The number of hydrogen-bond acceptors (Lipinski definition) is 4. The van der Waals surface area contributed by atoms with Crippen molar-refractivity contribution in [3.63, 3.8) is 0 Å². The van der Waals surface area contributed by atoms with Crippen molar-refractivity contribution in [1.82, 2.24) is 14.9 Å². The van der Waals surface area contributed by atoms with E-state index < -0.39 is 10.0 Å². The second-order valence-electron chi connectivity index (χ2n) is 4.95. The van der Waals surface area contributed by atoms with Crippen LogP contribution in [-0.2, 0) is 16.4 Å². The fourth-order valence-corrected chi connectivity index (χ4v) is 2.75. The summed E-state index contributed by atoms with van der Waals surface area (Å²) in [5.41, 5.74) is 1.14. The second kappa shape index (κ2) is 8.36. The van der Waals surface area contributed by atoms with Gasteiger partial charge in [0.2, 0.25) is 10.0 Å². The Balaban J connectivity index is 2.57. The normalized spacial score (nSPS) is 12.0. The Morgan fingerprint density at radius 2 is 1.75 bits per heavy atom. The minimum absolute atomic E-state index is 0.323. The molecule has 0 aliphatic carbocycles. The first-order valence-electron chi connectivity index (χ1n) is 6.89. The lowest BCUT2D eigenvalue weighted by molar-refractivity contribution is 0.412. The fourth-order valence-electron chi connectivity index (χ4n) is 1.73. The maximum atomic E-state index is 12.0. The van der Waals surface area contributed by atoms with Crippen LogP contribution < -0.4 is 10.0 Å². The van der Waals surface area contributed by atoms with Crippen molar-refractivity contribution in [2.45, 2.75) is 18.2 Å². The van der Waals surface area contributed by atoms with Gasteiger partial charge in [0.1, 0.15) is 0 Å². The molecule has 0 radical (unpaired) electrons. The van der Waals surface area contributed by atoms with Crippen LogP contribution in [-0.4, -0.2) is 53.6 Å². The fraction of sp³-hybridized carbons (Fsp3) is 0.571. The highest BCUT2D eigenvalue weighted by Crippen LogP contribution is 2.10. The van der Waals surface area contributed by atoms with E-state index in [2.05, 4.69) is 17.0 Å². The predicted molar refractivity (Wildman–Crippen MR) is 82.4 cm³/mol. The van der Waals surface area contributed by atoms with Gasteiger partial charge >= 0.3 is 0 Å². The average molecular weight is 299 g/mol. The first kappa shape index (κ1) is 17.1. The van der Waals surface area contributed by atoms with Crippen LogP contribution in [0.5, 0.6) is 0 Å². The molecule has 0 unspecified atom stereocenters. The zero-order chi connectivity index (χ0) is 15.0. The van der Waals surface area contributed by atoms with Gasteiger partial charge in [0, 0.05) is 13.1 Å². The van der Waals surface area contributed by atoms with Crippen molar-refractivity contribution in [2.24, 2.45) is 0 Å². The van der Waals surface area contributed by atoms with Crippen molar-refractivity contribution < 1.29 is 8.42 Å². The third-order valence-electron chi connectivity index (χ3n) is 2.93. The lowest BCUT2D eigenvalue weighted by atomic mass is 10.1. The van der Waals surface area contributed by atoms with E-state index in [1.807, 2.05) is 31.1 Å². The monoisotopic (exact) mass is 299 g/mol. The largest absolute Gasteiger partial charge is 0.317 e. The van der Waals surface area contributed by atoms with Gasteiger partial charge < -0.3 is 10.2 Å². The second-order valence-corrected chi connectivity index (χ2v) is 6.72. The van der Waals surface area contributed by atoms with Gasteiger partial charge in [-0.25, -0.2) is 13.1 Å². The number of sulfonamides is 1. The highest BCUT2D eigenvalue weighted by atomic mass is 32.2. The molecule has 0 aliphatic rings. The molecular formula is C14H25N3O2S. The standard InChI is InChI=1S/C14H25N3O2S/c1-4-15-10-9-13-5-7-14(8-6-13)20(18,19)16-11-12-17(2)3/h5-8,15-16H,4,9-12H2,1-3H3. The number of rotatable bonds is 9. The minimum Gasteiger partial charge on any atom is -0.317 e. The summed E-state index contributed by atoms with van der Waals surface area (Å²) in [6, 6.07) is 7.08. The Labute approximate surface area is 122 Å². The van der Waals surface area contributed by atoms with Crippen molar-refractivity contribution in [3.05, 3.63) is 29.8 Å². The van der Waals surface area contributed by atoms with Crippen LogP contribution in [0.15, 0.2) is 29.2 Å². The molecule has 0 bridgehead atoms. The van der Waals surface area contributed by atoms with Crippen LogP contribution >= 0.6 is 0 Å². The van der Waals surface area contributed by atoms with E-state index in [1.54, 1.807) is 12.1 Å². The van der Waals surface area contributed by atoms with E-state index in [9.17, 15) is 8.42 Å². The molecule has 0 heterocycles. The molecule has 0 amide bonds. The summed E-state index contributed by atoms with van der Waals surface area (Å²) in [6.45, 7) is 5.01. The molecule has 5 nitrogen and oxygen atoms in total. The lowest BCUT2D eigenvalue weighted by Crippen LogP contribution is -2.31. The summed E-state index contributed by atoms with van der Waals surface area (Å²) in [6.07, 6.45) is 0.905. The Hall–Kier alpha value is -0.950. The molecule has 0 saturated carbocycles. The third kappa shape index (κ3) is 6.00. The summed E-state index contributed by atoms with van der Waals surface area (Å²) >= 11 is 0. The summed E-state index contributed by atoms with van der Waals surface area (Å²) in [5.74, 6) is 0. The van der Waals surface area contributed by atoms with Crippen molar-refractivity contribution in [1.29, 1.82) is 0 Å². The number of benzene rings is 1.